The summed E-state index contributed by atoms with van der Waals surface area (Å²) < 4.78 is 10.2. The molecule has 0 aromatic heterocycles. The maximum atomic E-state index is 11.9. The fourth-order valence-electron chi connectivity index (χ4n) is 2.08. The van der Waals surface area contributed by atoms with Gasteiger partial charge in [0.1, 0.15) is 6.61 Å². The molecule has 0 atom stereocenters. The molecule has 1 fully saturated rings. The lowest BCUT2D eigenvalue weighted by atomic mass is 10.2. The minimum absolute atomic E-state index is 0.0816. The van der Waals surface area contributed by atoms with Crippen molar-refractivity contribution in [1.29, 1.82) is 0 Å². The summed E-state index contributed by atoms with van der Waals surface area (Å²) >= 11 is 0. The predicted octanol–water partition coefficient (Wildman–Crippen LogP) is 0.938. The molecule has 1 amide bonds. The number of morpholine rings is 1. The molecule has 2 rings (SSSR count). The average Bonchev–Trinajstić information content (AvgIpc) is 2.58. The van der Waals surface area contributed by atoms with E-state index in [0.717, 1.165) is 5.56 Å². The van der Waals surface area contributed by atoms with Crippen molar-refractivity contribution < 1.29 is 23.9 Å². The third-order valence-corrected chi connectivity index (χ3v) is 3.34. The fraction of sp³-hybridized carbons (Fsp3) is 0.438. The molecule has 118 valence electrons. The number of esters is 1. The summed E-state index contributed by atoms with van der Waals surface area (Å²) in [6.45, 7) is 1.90. The molecule has 0 spiro atoms. The average molecular weight is 306 g/mol. The van der Waals surface area contributed by atoms with Crippen molar-refractivity contribution in [3.8, 4) is 0 Å². The Morgan fingerprint density at radius 1 is 1.05 bits per heavy atom. The van der Waals surface area contributed by atoms with Gasteiger partial charge in [0, 0.05) is 19.5 Å². The zero-order valence-corrected chi connectivity index (χ0v) is 12.3. The SMILES string of the molecule is O=C(CCC(=O)[13C](=O)N1CCOCC1)OCc1ccccc1. The molecule has 1 aromatic carbocycles. The maximum Gasteiger partial charge on any atom is 0.306 e. The van der Waals surface area contributed by atoms with Crippen molar-refractivity contribution in [2.45, 2.75) is 19.4 Å². The molecule has 0 aliphatic carbocycles. The number of amides is 1. The number of hydrogen-bond donors (Lipinski definition) is 0. The number of nitrogens with zero attached hydrogens (tertiary/aromatic N) is 1. The number of Topliss-reactive ketones (excluding diaryl/α,β-unsaturated/α-hetero) is 1. The van der Waals surface area contributed by atoms with Crippen LogP contribution in [0.1, 0.15) is 18.4 Å². The van der Waals surface area contributed by atoms with Crippen molar-refractivity contribution in [2.75, 3.05) is 26.3 Å². The fourth-order valence-corrected chi connectivity index (χ4v) is 2.08. The van der Waals surface area contributed by atoms with Gasteiger partial charge in [0.05, 0.1) is 19.6 Å². The highest BCUT2D eigenvalue weighted by Crippen LogP contribution is 2.05. The van der Waals surface area contributed by atoms with Crippen LogP contribution in [0.3, 0.4) is 0 Å². The molecular weight excluding hydrogens is 287 g/mol. The summed E-state index contributed by atoms with van der Waals surface area (Å²) in [5.74, 6) is -1.58. The van der Waals surface area contributed by atoms with Gasteiger partial charge >= 0.3 is 5.97 Å². The molecule has 0 radical (unpaired) electrons. The number of ether oxygens (including phenoxy) is 2. The summed E-state index contributed by atoms with van der Waals surface area (Å²) in [5.41, 5.74) is 0.881. The lowest BCUT2D eigenvalue weighted by Crippen LogP contribution is -2.44. The first-order valence-electron chi connectivity index (χ1n) is 7.26. The second-order valence-corrected chi connectivity index (χ2v) is 4.97. The van der Waals surface area contributed by atoms with Crippen molar-refractivity contribution in [1.82, 2.24) is 4.90 Å². The first kappa shape index (κ1) is 16.2. The van der Waals surface area contributed by atoms with E-state index in [4.69, 9.17) is 9.47 Å². The summed E-state index contributed by atoms with van der Waals surface area (Å²) in [4.78, 5) is 36.7. The van der Waals surface area contributed by atoms with Gasteiger partial charge in [-0.05, 0) is 5.56 Å². The highest BCUT2D eigenvalue weighted by molar-refractivity contribution is 6.36. The van der Waals surface area contributed by atoms with E-state index in [1.165, 1.54) is 4.90 Å². The normalized spacial score (nSPS) is 14.5. The zero-order valence-electron chi connectivity index (χ0n) is 12.3. The Kier molecular flexibility index (Phi) is 6.09. The van der Waals surface area contributed by atoms with E-state index in [9.17, 15) is 14.4 Å². The van der Waals surface area contributed by atoms with Gasteiger partial charge in [-0.2, -0.15) is 0 Å². The molecular formula is C16H19NO5. The Morgan fingerprint density at radius 3 is 2.41 bits per heavy atom. The van der Waals surface area contributed by atoms with E-state index in [0.29, 0.717) is 26.3 Å². The summed E-state index contributed by atoms with van der Waals surface area (Å²) in [7, 11) is 0. The van der Waals surface area contributed by atoms with Crippen molar-refractivity contribution >= 4 is 17.7 Å². The molecule has 6 heteroatoms. The molecule has 1 aromatic rings. The molecule has 22 heavy (non-hydrogen) atoms. The second kappa shape index (κ2) is 8.29. The number of benzene rings is 1. The number of carbonyl (C=O) groups is 3. The smallest absolute Gasteiger partial charge is 0.306 e. The van der Waals surface area contributed by atoms with Crippen LogP contribution < -0.4 is 0 Å². The van der Waals surface area contributed by atoms with Gasteiger partial charge in [-0.3, -0.25) is 14.4 Å². The van der Waals surface area contributed by atoms with Crippen LogP contribution >= 0.6 is 0 Å². The van der Waals surface area contributed by atoms with Crippen LogP contribution in [0.2, 0.25) is 0 Å². The van der Waals surface area contributed by atoms with Crippen LogP contribution in [0.25, 0.3) is 0 Å². The lowest BCUT2D eigenvalue weighted by Gasteiger charge is -2.26. The monoisotopic (exact) mass is 306 g/mol. The first-order valence-corrected chi connectivity index (χ1v) is 7.26. The third kappa shape index (κ3) is 4.96. The largest absolute Gasteiger partial charge is 0.461 e. The third-order valence-electron chi connectivity index (χ3n) is 3.34. The standard InChI is InChI=1S/C16H19NO5/c18-14(16(20)17-8-10-21-11-9-17)6-7-15(19)22-12-13-4-2-1-3-5-13/h1-5H,6-12H2/i16+1. The number of carbonyl (C=O) groups excluding carboxylic acids is 3. The van der Waals surface area contributed by atoms with Gasteiger partial charge in [0.15, 0.2) is 0 Å². The Hall–Kier alpha value is -2.21. The van der Waals surface area contributed by atoms with Gasteiger partial charge in [-0.1, -0.05) is 30.3 Å². The maximum absolute atomic E-state index is 11.9. The summed E-state index contributed by atoms with van der Waals surface area (Å²) in [6, 6.07) is 9.28. The molecule has 0 saturated carbocycles. The quantitative estimate of drug-likeness (QED) is 0.444. The van der Waals surface area contributed by atoms with Crippen LogP contribution in [-0.2, 0) is 30.5 Å². The van der Waals surface area contributed by atoms with Crippen molar-refractivity contribution in [3.63, 3.8) is 0 Å². The lowest BCUT2D eigenvalue weighted by molar-refractivity contribution is -0.150. The van der Waals surface area contributed by atoms with Crippen molar-refractivity contribution in [3.05, 3.63) is 35.9 Å². The Bertz CT molecular complexity index is 523. The topological polar surface area (TPSA) is 72.9 Å². The number of hydrogen-bond acceptors (Lipinski definition) is 5. The van der Waals surface area contributed by atoms with Gasteiger partial charge in [-0.25, -0.2) is 0 Å². The van der Waals surface area contributed by atoms with E-state index in [2.05, 4.69) is 0 Å². The number of rotatable bonds is 6. The molecule has 0 bridgehead atoms. The van der Waals surface area contributed by atoms with Crippen LogP contribution in [0, 0.1) is 0 Å². The molecule has 0 unspecified atom stereocenters. The Morgan fingerprint density at radius 2 is 1.73 bits per heavy atom. The van der Waals surface area contributed by atoms with E-state index in [1.54, 1.807) is 0 Å². The molecule has 0 N–H and O–H groups in total. The molecule has 1 heterocycles. The molecule has 1 aliphatic rings. The van der Waals surface area contributed by atoms with Crippen LogP contribution in [0.15, 0.2) is 30.3 Å². The highest BCUT2D eigenvalue weighted by atomic mass is 16.5. The van der Waals surface area contributed by atoms with Gasteiger partial charge in [0.25, 0.3) is 5.91 Å². The van der Waals surface area contributed by atoms with E-state index >= 15 is 0 Å². The minimum Gasteiger partial charge on any atom is -0.461 e. The number of ketones is 1. The van der Waals surface area contributed by atoms with Crippen LogP contribution in [-0.4, -0.2) is 48.9 Å². The van der Waals surface area contributed by atoms with E-state index in [-0.39, 0.29) is 19.4 Å². The van der Waals surface area contributed by atoms with Crippen molar-refractivity contribution in [2.24, 2.45) is 0 Å². The zero-order chi connectivity index (χ0) is 15.8. The Balaban J connectivity index is 1.69. The van der Waals surface area contributed by atoms with Crippen LogP contribution in [0.4, 0.5) is 0 Å². The minimum atomic E-state index is -0.557. The molecule has 1 saturated heterocycles. The first-order chi connectivity index (χ1) is 10.7. The predicted molar refractivity (Wildman–Crippen MR) is 77.9 cm³/mol. The summed E-state index contributed by atoms with van der Waals surface area (Å²) in [6.07, 6.45) is -0.203. The van der Waals surface area contributed by atoms with Gasteiger partial charge in [0.2, 0.25) is 5.78 Å². The summed E-state index contributed by atoms with van der Waals surface area (Å²) in [5, 5.41) is 0. The van der Waals surface area contributed by atoms with E-state index in [1.807, 2.05) is 30.3 Å². The Labute approximate surface area is 129 Å². The molecule has 1 aliphatic heterocycles. The van der Waals surface area contributed by atoms with Crippen LogP contribution in [0.5, 0.6) is 0 Å². The molecule has 6 nitrogen and oxygen atoms in total. The second-order valence-electron chi connectivity index (χ2n) is 4.97. The highest BCUT2D eigenvalue weighted by Gasteiger charge is 2.23. The van der Waals surface area contributed by atoms with Gasteiger partial charge < -0.3 is 14.4 Å². The van der Waals surface area contributed by atoms with Gasteiger partial charge in [-0.15, -0.1) is 0 Å². The van der Waals surface area contributed by atoms with E-state index < -0.39 is 17.7 Å².